The van der Waals surface area contributed by atoms with Gasteiger partial charge in [0.25, 0.3) is 0 Å². The Kier molecular flexibility index (Phi) is 4.49. The van der Waals surface area contributed by atoms with Crippen LogP contribution in [-0.4, -0.2) is 19.2 Å². The molecule has 0 radical (unpaired) electrons. The van der Waals surface area contributed by atoms with Gasteiger partial charge in [0.05, 0.1) is 14.2 Å². The molecular formula is C19H16ClNO2. The summed E-state index contributed by atoms with van der Waals surface area (Å²) >= 11 is 5.95. The highest BCUT2D eigenvalue weighted by molar-refractivity contribution is 6.30. The number of aromatic nitrogens is 1. The number of halogens is 1. The van der Waals surface area contributed by atoms with Crippen LogP contribution >= 0.6 is 11.6 Å². The van der Waals surface area contributed by atoms with Gasteiger partial charge in [-0.15, -0.1) is 0 Å². The van der Waals surface area contributed by atoms with Crippen LogP contribution < -0.4 is 9.47 Å². The van der Waals surface area contributed by atoms with Gasteiger partial charge in [0.1, 0.15) is 0 Å². The Bertz CT molecular complexity index is 816. The maximum Gasteiger partial charge on any atom is 0.161 e. The SMILES string of the molecule is COc1ccc(-c2cncc(-c3ccc(Cl)cc3)c2)cc1OC. The Morgan fingerprint density at radius 1 is 0.696 bits per heavy atom. The number of nitrogens with zero attached hydrogens (tertiary/aromatic N) is 1. The largest absolute Gasteiger partial charge is 0.493 e. The van der Waals surface area contributed by atoms with Crippen molar-refractivity contribution in [2.45, 2.75) is 0 Å². The lowest BCUT2D eigenvalue weighted by atomic mass is 10.0. The van der Waals surface area contributed by atoms with Gasteiger partial charge in [-0.05, 0) is 41.5 Å². The van der Waals surface area contributed by atoms with Crippen LogP contribution in [0.15, 0.2) is 60.9 Å². The quantitative estimate of drug-likeness (QED) is 0.669. The zero-order valence-corrected chi connectivity index (χ0v) is 13.7. The maximum atomic E-state index is 5.95. The predicted octanol–water partition coefficient (Wildman–Crippen LogP) is 5.09. The molecule has 0 unspecified atom stereocenters. The summed E-state index contributed by atoms with van der Waals surface area (Å²) in [6, 6.07) is 15.6. The van der Waals surface area contributed by atoms with E-state index in [-0.39, 0.29) is 0 Å². The molecule has 1 aromatic heterocycles. The van der Waals surface area contributed by atoms with Crippen molar-refractivity contribution in [3.63, 3.8) is 0 Å². The molecule has 0 bridgehead atoms. The van der Waals surface area contributed by atoms with Gasteiger partial charge in [-0.3, -0.25) is 4.98 Å². The van der Waals surface area contributed by atoms with Crippen molar-refractivity contribution < 1.29 is 9.47 Å². The van der Waals surface area contributed by atoms with Gasteiger partial charge < -0.3 is 9.47 Å². The molecule has 0 amide bonds. The molecule has 3 aromatic rings. The van der Waals surface area contributed by atoms with Gasteiger partial charge in [0.15, 0.2) is 11.5 Å². The second-order valence-corrected chi connectivity index (χ2v) is 5.48. The van der Waals surface area contributed by atoms with Crippen LogP contribution in [-0.2, 0) is 0 Å². The van der Waals surface area contributed by atoms with Gasteiger partial charge in [-0.25, -0.2) is 0 Å². The first-order valence-electron chi connectivity index (χ1n) is 7.14. The molecule has 0 aliphatic rings. The highest BCUT2D eigenvalue weighted by atomic mass is 35.5. The van der Waals surface area contributed by atoms with Crippen LogP contribution in [0.2, 0.25) is 5.02 Å². The van der Waals surface area contributed by atoms with Crippen LogP contribution in [0.3, 0.4) is 0 Å². The van der Waals surface area contributed by atoms with Gasteiger partial charge in [0.2, 0.25) is 0 Å². The smallest absolute Gasteiger partial charge is 0.161 e. The summed E-state index contributed by atoms with van der Waals surface area (Å²) in [5.74, 6) is 1.40. The van der Waals surface area contributed by atoms with E-state index in [1.54, 1.807) is 14.2 Å². The fourth-order valence-corrected chi connectivity index (χ4v) is 2.54. The molecule has 0 N–H and O–H groups in total. The van der Waals surface area contributed by atoms with Crippen molar-refractivity contribution in [3.05, 3.63) is 65.9 Å². The molecule has 116 valence electrons. The standard InChI is InChI=1S/C19H16ClNO2/c1-22-18-8-5-14(10-19(18)23-2)16-9-15(11-21-12-16)13-3-6-17(20)7-4-13/h3-12H,1-2H3. The van der Waals surface area contributed by atoms with E-state index in [0.29, 0.717) is 11.5 Å². The van der Waals surface area contributed by atoms with Gasteiger partial charge in [-0.2, -0.15) is 0 Å². The third-order valence-electron chi connectivity index (χ3n) is 3.63. The fourth-order valence-electron chi connectivity index (χ4n) is 2.41. The van der Waals surface area contributed by atoms with E-state index in [2.05, 4.69) is 11.1 Å². The maximum absolute atomic E-state index is 5.95. The lowest BCUT2D eigenvalue weighted by Gasteiger charge is -2.10. The first kappa shape index (κ1) is 15.4. The van der Waals surface area contributed by atoms with Gasteiger partial charge >= 0.3 is 0 Å². The van der Waals surface area contributed by atoms with Crippen molar-refractivity contribution in [1.29, 1.82) is 0 Å². The summed E-state index contributed by atoms with van der Waals surface area (Å²) < 4.78 is 10.6. The number of hydrogen-bond donors (Lipinski definition) is 0. The third-order valence-corrected chi connectivity index (χ3v) is 3.88. The summed E-state index contributed by atoms with van der Waals surface area (Å²) in [6.07, 6.45) is 3.67. The molecule has 23 heavy (non-hydrogen) atoms. The van der Waals surface area contributed by atoms with Crippen LogP contribution in [0.1, 0.15) is 0 Å². The molecule has 2 aromatic carbocycles. The van der Waals surface area contributed by atoms with E-state index in [1.807, 2.05) is 54.9 Å². The highest BCUT2D eigenvalue weighted by Gasteiger charge is 2.08. The van der Waals surface area contributed by atoms with E-state index >= 15 is 0 Å². The minimum Gasteiger partial charge on any atom is -0.493 e. The molecule has 0 saturated carbocycles. The monoisotopic (exact) mass is 325 g/mol. The zero-order chi connectivity index (χ0) is 16.2. The number of ether oxygens (including phenoxy) is 2. The van der Waals surface area contributed by atoms with Crippen LogP contribution in [0.5, 0.6) is 11.5 Å². The summed E-state index contributed by atoms with van der Waals surface area (Å²) in [5, 5.41) is 0.720. The molecule has 1 heterocycles. The first-order chi connectivity index (χ1) is 11.2. The molecule has 0 saturated heterocycles. The Balaban J connectivity index is 2.01. The molecule has 0 aliphatic heterocycles. The number of methoxy groups -OCH3 is 2. The molecular weight excluding hydrogens is 310 g/mol. The number of hydrogen-bond acceptors (Lipinski definition) is 3. The van der Waals surface area contributed by atoms with Crippen molar-refractivity contribution in [1.82, 2.24) is 4.98 Å². The summed E-state index contributed by atoms with van der Waals surface area (Å²) in [6.45, 7) is 0. The topological polar surface area (TPSA) is 31.4 Å². The molecule has 0 aliphatic carbocycles. The molecule has 0 spiro atoms. The summed E-state index contributed by atoms with van der Waals surface area (Å²) in [5.41, 5.74) is 4.14. The normalized spacial score (nSPS) is 10.4. The van der Waals surface area contributed by atoms with E-state index in [9.17, 15) is 0 Å². The Morgan fingerprint density at radius 3 is 1.96 bits per heavy atom. The number of rotatable bonds is 4. The van der Waals surface area contributed by atoms with Crippen molar-refractivity contribution in [2.75, 3.05) is 14.2 Å². The first-order valence-corrected chi connectivity index (χ1v) is 7.52. The minimum atomic E-state index is 0.696. The van der Waals surface area contributed by atoms with Crippen LogP contribution in [0.25, 0.3) is 22.3 Å². The third kappa shape index (κ3) is 3.30. The second kappa shape index (κ2) is 6.71. The second-order valence-electron chi connectivity index (χ2n) is 5.04. The van der Waals surface area contributed by atoms with Crippen LogP contribution in [0.4, 0.5) is 0 Å². The van der Waals surface area contributed by atoms with Crippen molar-refractivity contribution in [3.8, 4) is 33.8 Å². The fraction of sp³-hybridized carbons (Fsp3) is 0.105. The van der Waals surface area contributed by atoms with Crippen molar-refractivity contribution >= 4 is 11.6 Å². The Hall–Kier alpha value is -2.52. The van der Waals surface area contributed by atoms with Gasteiger partial charge in [-0.1, -0.05) is 29.8 Å². The molecule has 4 heteroatoms. The molecule has 0 fully saturated rings. The molecule has 3 nitrogen and oxygen atoms in total. The van der Waals surface area contributed by atoms with E-state index in [0.717, 1.165) is 27.3 Å². The Labute approximate surface area is 140 Å². The Morgan fingerprint density at radius 2 is 1.30 bits per heavy atom. The highest BCUT2D eigenvalue weighted by Crippen LogP contribution is 2.33. The number of benzene rings is 2. The minimum absolute atomic E-state index is 0.696. The number of pyridine rings is 1. The lowest BCUT2D eigenvalue weighted by molar-refractivity contribution is 0.355. The predicted molar refractivity (Wildman–Crippen MR) is 93.2 cm³/mol. The van der Waals surface area contributed by atoms with Gasteiger partial charge in [0, 0.05) is 28.5 Å². The summed E-state index contributed by atoms with van der Waals surface area (Å²) in [7, 11) is 3.25. The molecule has 3 rings (SSSR count). The van der Waals surface area contributed by atoms with E-state index in [4.69, 9.17) is 21.1 Å². The average molecular weight is 326 g/mol. The van der Waals surface area contributed by atoms with Crippen molar-refractivity contribution in [2.24, 2.45) is 0 Å². The van der Waals surface area contributed by atoms with E-state index in [1.165, 1.54) is 0 Å². The summed E-state index contributed by atoms with van der Waals surface area (Å²) in [4.78, 5) is 4.35. The van der Waals surface area contributed by atoms with Crippen LogP contribution in [0, 0.1) is 0 Å². The van der Waals surface area contributed by atoms with E-state index < -0.39 is 0 Å². The zero-order valence-electron chi connectivity index (χ0n) is 12.9. The average Bonchev–Trinajstić information content (AvgIpc) is 2.62. The lowest BCUT2D eigenvalue weighted by Crippen LogP contribution is -1.91. The molecule has 0 atom stereocenters.